The van der Waals surface area contributed by atoms with Crippen LogP contribution in [-0.4, -0.2) is 49.9 Å². The van der Waals surface area contributed by atoms with Gasteiger partial charge in [-0.1, -0.05) is 6.07 Å². The minimum atomic E-state index is -0.176. The zero-order chi connectivity index (χ0) is 19.6. The van der Waals surface area contributed by atoms with Crippen LogP contribution < -0.4 is 14.2 Å². The molecule has 2 aromatic carbocycles. The first-order valence-corrected chi connectivity index (χ1v) is 8.91. The first kappa shape index (κ1) is 19.3. The van der Waals surface area contributed by atoms with Crippen molar-refractivity contribution >= 4 is 0 Å². The van der Waals surface area contributed by atoms with Gasteiger partial charge in [-0.05, 0) is 59.2 Å². The van der Waals surface area contributed by atoms with Crippen molar-refractivity contribution in [3.63, 3.8) is 0 Å². The van der Waals surface area contributed by atoms with Gasteiger partial charge in [-0.25, -0.2) is 0 Å². The van der Waals surface area contributed by atoms with Crippen molar-refractivity contribution in [3.05, 3.63) is 47.0 Å². The van der Waals surface area contributed by atoms with Gasteiger partial charge in [-0.15, -0.1) is 0 Å². The predicted octanol–water partition coefficient (Wildman–Crippen LogP) is 2.32. The van der Waals surface area contributed by atoms with Crippen LogP contribution in [0.5, 0.6) is 23.0 Å². The molecular weight excluding hydrogens is 348 g/mol. The highest BCUT2D eigenvalue weighted by molar-refractivity contribution is 5.54. The summed E-state index contributed by atoms with van der Waals surface area (Å²) in [4.78, 5) is 0. The molecule has 0 heterocycles. The molecule has 3 rings (SSSR count). The van der Waals surface area contributed by atoms with Crippen molar-refractivity contribution in [2.75, 3.05) is 34.5 Å². The Morgan fingerprint density at radius 3 is 2.15 bits per heavy atom. The molecule has 3 unspecified atom stereocenters. The van der Waals surface area contributed by atoms with Gasteiger partial charge in [0.1, 0.15) is 0 Å². The maximum Gasteiger partial charge on any atom is 0.161 e. The third-order valence-electron chi connectivity index (χ3n) is 5.50. The highest BCUT2D eigenvalue weighted by Crippen LogP contribution is 2.47. The van der Waals surface area contributed by atoms with E-state index in [9.17, 15) is 15.3 Å². The highest BCUT2D eigenvalue weighted by atomic mass is 16.5. The summed E-state index contributed by atoms with van der Waals surface area (Å²) in [6.45, 7) is -0.0857. The quantitative estimate of drug-likeness (QED) is 0.719. The van der Waals surface area contributed by atoms with Crippen LogP contribution in [0.3, 0.4) is 0 Å². The highest BCUT2D eigenvalue weighted by Gasteiger charge is 2.38. The van der Waals surface area contributed by atoms with Gasteiger partial charge in [0.2, 0.25) is 0 Å². The first-order chi connectivity index (χ1) is 13.1. The van der Waals surface area contributed by atoms with E-state index in [1.165, 1.54) is 7.11 Å². The fraction of sp³-hybridized carbons (Fsp3) is 0.429. The minimum Gasteiger partial charge on any atom is -0.504 e. The normalized spacial score (nSPS) is 21.4. The Bertz CT molecular complexity index is 803. The van der Waals surface area contributed by atoms with E-state index in [0.717, 1.165) is 16.7 Å². The number of phenolic OH excluding ortho intramolecular Hbond substituents is 1. The first-order valence-electron chi connectivity index (χ1n) is 8.91. The minimum absolute atomic E-state index is 0.0231. The fourth-order valence-corrected chi connectivity index (χ4v) is 4.11. The molecule has 0 spiro atoms. The SMILES string of the molecule is COc1cc(C2c3cc(OC)c(OC)cc3CC(CO)C2CO)ccc1O. The summed E-state index contributed by atoms with van der Waals surface area (Å²) in [6, 6.07) is 9.07. The molecule has 0 fully saturated rings. The van der Waals surface area contributed by atoms with Crippen molar-refractivity contribution in [1.82, 2.24) is 0 Å². The second kappa shape index (κ2) is 8.06. The van der Waals surface area contributed by atoms with Gasteiger partial charge in [-0.2, -0.15) is 0 Å². The molecule has 3 N–H and O–H groups in total. The Morgan fingerprint density at radius 1 is 0.889 bits per heavy atom. The number of ether oxygens (including phenoxy) is 3. The van der Waals surface area contributed by atoms with Crippen LogP contribution in [0, 0.1) is 11.8 Å². The zero-order valence-electron chi connectivity index (χ0n) is 15.8. The van der Waals surface area contributed by atoms with E-state index in [4.69, 9.17) is 14.2 Å². The van der Waals surface area contributed by atoms with Gasteiger partial charge in [0, 0.05) is 19.1 Å². The standard InChI is InChI=1S/C21H26O6/c1-25-18-7-12(4-5-17(18)24)21-15-9-20(27-3)19(26-2)8-13(15)6-14(10-22)16(21)11-23/h4-5,7-9,14,16,21-24H,6,10-11H2,1-3H3. The van der Waals surface area contributed by atoms with Crippen molar-refractivity contribution in [2.45, 2.75) is 12.3 Å². The molecule has 3 atom stereocenters. The molecule has 0 aromatic heterocycles. The van der Waals surface area contributed by atoms with Gasteiger partial charge >= 0.3 is 0 Å². The molecular formula is C21H26O6. The summed E-state index contributed by atoms with van der Waals surface area (Å²) in [6.07, 6.45) is 0.642. The second-order valence-electron chi connectivity index (χ2n) is 6.81. The van der Waals surface area contributed by atoms with E-state index >= 15 is 0 Å². The lowest BCUT2D eigenvalue weighted by Gasteiger charge is -2.39. The number of rotatable bonds is 6. The molecule has 6 heteroatoms. The van der Waals surface area contributed by atoms with Crippen LogP contribution in [0.15, 0.2) is 30.3 Å². The van der Waals surface area contributed by atoms with Crippen LogP contribution in [0.25, 0.3) is 0 Å². The molecule has 0 radical (unpaired) electrons. The lowest BCUT2D eigenvalue weighted by Crippen LogP contribution is -2.35. The fourth-order valence-electron chi connectivity index (χ4n) is 4.11. The average molecular weight is 374 g/mol. The van der Waals surface area contributed by atoms with E-state index in [2.05, 4.69) is 0 Å². The van der Waals surface area contributed by atoms with Crippen LogP contribution >= 0.6 is 0 Å². The van der Waals surface area contributed by atoms with Crippen LogP contribution in [0.4, 0.5) is 0 Å². The monoisotopic (exact) mass is 374 g/mol. The molecule has 1 aliphatic rings. The van der Waals surface area contributed by atoms with Gasteiger partial charge in [0.25, 0.3) is 0 Å². The molecule has 146 valence electrons. The maximum absolute atomic E-state index is 10.1. The Morgan fingerprint density at radius 2 is 1.56 bits per heavy atom. The predicted molar refractivity (Wildman–Crippen MR) is 101 cm³/mol. The number of hydrogen-bond donors (Lipinski definition) is 3. The van der Waals surface area contributed by atoms with E-state index in [0.29, 0.717) is 23.7 Å². The Labute approximate surface area is 158 Å². The van der Waals surface area contributed by atoms with Gasteiger partial charge < -0.3 is 29.5 Å². The van der Waals surface area contributed by atoms with Crippen molar-refractivity contribution < 1.29 is 29.5 Å². The molecule has 0 saturated carbocycles. The summed E-state index contributed by atoms with van der Waals surface area (Å²) in [5.74, 6) is 1.25. The number of aliphatic hydroxyl groups is 2. The molecule has 0 amide bonds. The van der Waals surface area contributed by atoms with Gasteiger partial charge in [0.15, 0.2) is 23.0 Å². The molecule has 0 aliphatic heterocycles. The van der Waals surface area contributed by atoms with Crippen LogP contribution in [0.1, 0.15) is 22.6 Å². The number of aromatic hydroxyl groups is 1. The molecule has 0 bridgehead atoms. The summed E-state index contributed by atoms with van der Waals surface area (Å²) in [7, 11) is 4.68. The molecule has 27 heavy (non-hydrogen) atoms. The third kappa shape index (κ3) is 3.42. The van der Waals surface area contributed by atoms with Crippen molar-refractivity contribution in [2.24, 2.45) is 11.8 Å². The zero-order valence-corrected chi connectivity index (χ0v) is 15.8. The summed E-state index contributed by atoms with van der Waals surface area (Å²) in [5, 5.41) is 30.0. The summed E-state index contributed by atoms with van der Waals surface area (Å²) < 4.78 is 16.2. The lowest BCUT2D eigenvalue weighted by atomic mass is 9.67. The van der Waals surface area contributed by atoms with Crippen molar-refractivity contribution in [3.8, 4) is 23.0 Å². The Kier molecular flexibility index (Phi) is 5.77. The third-order valence-corrected chi connectivity index (χ3v) is 5.50. The number of benzene rings is 2. The number of methoxy groups -OCH3 is 3. The van der Waals surface area contributed by atoms with Gasteiger partial charge in [0.05, 0.1) is 21.3 Å². The average Bonchev–Trinajstić information content (AvgIpc) is 2.71. The van der Waals surface area contributed by atoms with E-state index in [1.54, 1.807) is 26.4 Å². The Balaban J connectivity index is 2.20. The maximum atomic E-state index is 10.1. The second-order valence-corrected chi connectivity index (χ2v) is 6.81. The van der Waals surface area contributed by atoms with Gasteiger partial charge in [-0.3, -0.25) is 0 Å². The number of hydrogen-bond acceptors (Lipinski definition) is 6. The number of fused-ring (bicyclic) bond motifs is 1. The molecule has 2 aromatic rings. The molecule has 6 nitrogen and oxygen atoms in total. The topological polar surface area (TPSA) is 88.4 Å². The van der Waals surface area contributed by atoms with Crippen LogP contribution in [0.2, 0.25) is 0 Å². The van der Waals surface area contributed by atoms with Crippen LogP contribution in [-0.2, 0) is 6.42 Å². The van der Waals surface area contributed by atoms with E-state index in [1.807, 2.05) is 18.2 Å². The number of phenols is 1. The Hall–Kier alpha value is -2.44. The summed E-state index contributed by atoms with van der Waals surface area (Å²) in [5.41, 5.74) is 2.97. The van der Waals surface area contributed by atoms with E-state index < -0.39 is 0 Å². The smallest absolute Gasteiger partial charge is 0.161 e. The largest absolute Gasteiger partial charge is 0.504 e. The summed E-state index contributed by atoms with van der Waals surface area (Å²) >= 11 is 0. The lowest BCUT2D eigenvalue weighted by molar-refractivity contribution is 0.101. The number of aliphatic hydroxyl groups excluding tert-OH is 2. The molecule has 1 aliphatic carbocycles. The van der Waals surface area contributed by atoms with E-state index in [-0.39, 0.29) is 36.7 Å². The molecule has 0 saturated heterocycles. The van der Waals surface area contributed by atoms with Crippen molar-refractivity contribution in [1.29, 1.82) is 0 Å².